The van der Waals surface area contributed by atoms with Gasteiger partial charge in [-0.25, -0.2) is 13.2 Å². The number of esters is 1. The Hall–Kier alpha value is -2.68. The molecular formula is C18H22N2O6S. The summed E-state index contributed by atoms with van der Waals surface area (Å²) in [4.78, 5) is 37.1. The van der Waals surface area contributed by atoms with Crippen LogP contribution in [-0.2, 0) is 29.0 Å². The fraction of sp³-hybridized carbons (Fsp3) is 0.389. The Morgan fingerprint density at radius 1 is 1.26 bits per heavy atom. The summed E-state index contributed by atoms with van der Waals surface area (Å²) in [6.07, 6.45) is 1.81. The molecule has 1 aliphatic rings. The standard InChI is InChI=1S/C18H22N2O6S/c1-13(21)19-16(10-14-6-4-3-5-7-14)18(23)26-11-17(22)20(2)15-8-9-27(24,25)12-15/h3-7,10,15H,8-9,11-12H2,1-2H3,(H,19,21)/b16-10+/t15-/m1/s1. The van der Waals surface area contributed by atoms with E-state index in [1.54, 1.807) is 24.3 Å². The van der Waals surface area contributed by atoms with E-state index in [-0.39, 0.29) is 17.2 Å². The Bertz CT molecular complexity index is 848. The van der Waals surface area contributed by atoms with Crippen molar-refractivity contribution in [3.63, 3.8) is 0 Å². The van der Waals surface area contributed by atoms with Gasteiger partial charge in [-0.1, -0.05) is 30.3 Å². The lowest BCUT2D eigenvalue weighted by molar-refractivity contribution is -0.149. The summed E-state index contributed by atoms with van der Waals surface area (Å²) in [7, 11) is -1.64. The van der Waals surface area contributed by atoms with Crippen molar-refractivity contribution in [2.75, 3.05) is 25.2 Å². The third-order valence-corrected chi connectivity index (χ3v) is 5.87. The molecule has 1 aromatic carbocycles. The molecule has 0 unspecified atom stereocenters. The van der Waals surface area contributed by atoms with Crippen LogP contribution in [0, 0.1) is 0 Å². The molecule has 1 atom stereocenters. The van der Waals surface area contributed by atoms with Crippen LogP contribution in [0.2, 0.25) is 0 Å². The van der Waals surface area contributed by atoms with E-state index < -0.39 is 40.3 Å². The van der Waals surface area contributed by atoms with Gasteiger partial charge < -0.3 is 15.0 Å². The molecule has 1 fully saturated rings. The Morgan fingerprint density at radius 3 is 2.48 bits per heavy atom. The van der Waals surface area contributed by atoms with Gasteiger partial charge in [-0.3, -0.25) is 9.59 Å². The Kier molecular flexibility index (Phi) is 6.73. The molecule has 2 rings (SSSR count). The number of rotatable bonds is 6. The van der Waals surface area contributed by atoms with Gasteiger partial charge in [-0.2, -0.15) is 0 Å². The predicted octanol–water partition coefficient (Wildman–Crippen LogP) is 0.352. The minimum atomic E-state index is -3.13. The number of hydrogen-bond donors (Lipinski definition) is 1. The topological polar surface area (TPSA) is 110 Å². The smallest absolute Gasteiger partial charge is 0.355 e. The molecule has 0 radical (unpaired) electrons. The molecule has 1 heterocycles. The average Bonchev–Trinajstić information content (AvgIpc) is 2.98. The molecule has 1 aromatic rings. The molecule has 0 bridgehead atoms. The molecule has 27 heavy (non-hydrogen) atoms. The van der Waals surface area contributed by atoms with Gasteiger partial charge in [-0.05, 0) is 18.1 Å². The van der Waals surface area contributed by atoms with Crippen LogP contribution in [0.4, 0.5) is 0 Å². The lowest BCUT2D eigenvalue weighted by Crippen LogP contribution is -2.40. The van der Waals surface area contributed by atoms with E-state index in [1.807, 2.05) is 6.07 Å². The molecule has 0 aromatic heterocycles. The molecule has 0 saturated carbocycles. The molecule has 8 nitrogen and oxygen atoms in total. The maximum Gasteiger partial charge on any atom is 0.355 e. The largest absolute Gasteiger partial charge is 0.451 e. The quantitative estimate of drug-likeness (QED) is 0.551. The molecule has 2 amide bonds. The third-order valence-electron chi connectivity index (χ3n) is 4.12. The van der Waals surface area contributed by atoms with Crippen LogP contribution in [0.25, 0.3) is 6.08 Å². The molecule has 9 heteroatoms. The highest BCUT2D eigenvalue weighted by Gasteiger charge is 2.33. The molecule has 1 N–H and O–H groups in total. The molecule has 146 valence electrons. The molecule has 1 saturated heterocycles. The minimum absolute atomic E-state index is 0.0432. The third kappa shape index (κ3) is 6.21. The molecule has 1 aliphatic heterocycles. The van der Waals surface area contributed by atoms with Gasteiger partial charge in [0, 0.05) is 20.0 Å². The fourth-order valence-corrected chi connectivity index (χ4v) is 4.42. The summed E-state index contributed by atoms with van der Waals surface area (Å²) in [6, 6.07) is 8.43. The van der Waals surface area contributed by atoms with Gasteiger partial charge in [0.2, 0.25) is 5.91 Å². The van der Waals surface area contributed by atoms with Crippen LogP contribution in [-0.4, -0.2) is 62.3 Å². The number of carbonyl (C=O) groups is 3. The van der Waals surface area contributed by atoms with Crippen LogP contribution in [0.15, 0.2) is 36.0 Å². The average molecular weight is 394 g/mol. The molecular weight excluding hydrogens is 372 g/mol. The van der Waals surface area contributed by atoms with Crippen LogP contribution in [0.3, 0.4) is 0 Å². The van der Waals surface area contributed by atoms with Gasteiger partial charge >= 0.3 is 5.97 Å². The second-order valence-corrected chi connectivity index (χ2v) is 8.52. The van der Waals surface area contributed by atoms with Crippen LogP contribution >= 0.6 is 0 Å². The highest BCUT2D eigenvalue weighted by Crippen LogP contribution is 2.16. The summed E-state index contributed by atoms with van der Waals surface area (Å²) in [5.41, 5.74) is 0.588. The summed E-state index contributed by atoms with van der Waals surface area (Å²) in [6.45, 7) is 0.711. The van der Waals surface area contributed by atoms with E-state index in [0.29, 0.717) is 12.0 Å². The van der Waals surface area contributed by atoms with Crippen molar-refractivity contribution in [2.45, 2.75) is 19.4 Å². The second-order valence-electron chi connectivity index (χ2n) is 6.29. The van der Waals surface area contributed by atoms with Crippen molar-refractivity contribution in [1.29, 1.82) is 0 Å². The number of ether oxygens (including phenoxy) is 1. The highest BCUT2D eigenvalue weighted by atomic mass is 32.2. The zero-order chi connectivity index (χ0) is 20.0. The lowest BCUT2D eigenvalue weighted by atomic mass is 10.2. The maximum absolute atomic E-state index is 12.3. The number of likely N-dealkylation sites (N-methyl/N-ethyl adjacent to an activating group) is 1. The molecule has 0 spiro atoms. The van der Waals surface area contributed by atoms with Crippen LogP contribution in [0.5, 0.6) is 0 Å². The zero-order valence-corrected chi connectivity index (χ0v) is 16.0. The zero-order valence-electron chi connectivity index (χ0n) is 15.2. The van der Waals surface area contributed by atoms with Gasteiger partial charge in [-0.15, -0.1) is 0 Å². The number of amides is 2. The van der Waals surface area contributed by atoms with Crippen molar-refractivity contribution >= 4 is 33.7 Å². The van der Waals surface area contributed by atoms with E-state index in [2.05, 4.69) is 5.32 Å². The number of hydrogen-bond acceptors (Lipinski definition) is 6. The van der Waals surface area contributed by atoms with Crippen molar-refractivity contribution in [2.24, 2.45) is 0 Å². The normalized spacial score (nSPS) is 18.6. The lowest BCUT2D eigenvalue weighted by Gasteiger charge is -2.23. The maximum atomic E-state index is 12.3. The van der Waals surface area contributed by atoms with Crippen molar-refractivity contribution in [3.8, 4) is 0 Å². The highest BCUT2D eigenvalue weighted by molar-refractivity contribution is 7.91. The van der Waals surface area contributed by atoms with Gasteiger partial charge in [0.25, 0.3) is 5.91 Å². The first-order valence-electron chi connectivity index (χ1n) is 8.35. The monoisotopic (exact) mass is 394 g/mol. The van der Waals surface area contributed by atoms with Crippen molar-refractivity contribution in [1.82, 2.24) is 10.2 Å². The van der Waals surface area contributed by atoms with E-state index in [0.717, 1.165) is 0 Å². The first-order valence-corrected chi connectivity index (χ1v) is 10.2. The summed E-state index contributed by atoms with van der Waals surface area (Å²) in [5.74, 6) is -1.86. The Morgan fingerprint density at radius 2 is 1.93 bits per heavy atom. The Balaban J connectivity index is 1.99. The van der Waals surface area contributed by atoms with Gasteiger partial charge in [0.15, 0.2) is 16.4 Å². The van der Waals surface area contributed by atoms with Crippen LogP contribution in [0.1, 0.15) is 18.9 Å². The number of sulfone groups is 1. The Labute approximate surface area is 158 Å². The number of nitrogens with one attached hydrogen (secondary N) is 1. The van der Waals surface area contributed by atoms with Crippen LogP contribution < -0.4 is 5.32 Å². The summed E-state index contributed by atoms with van der Waals surface area (Å²) >= 11 is 0. The fourth-order valence-electron chi connectivity index (χ4n) is 2.64. The second kappa shape index (κ2) is 8.81. The van der Waals surface area contributed by atoms with E-state index >= 15 is 0 Å². The summed E-state index contributed by atoms with van der Waals surface area (Å²) in [5, 5.41) is 2.39. The number of nitrogens with zero attached hydrogens (tertiary/aromatic N) is 1. The number of carbonyl (C=O) groups excluding carboxylic acids is 3. The summed E-state index contributed by atoms with van der Waals surface area (Å²) < 4.78 is 28.1. The van der Waals surface area contributed by atoms with Gasteiger partial charge in [0.1, 0.15) is 5.70 Å². The number of benzene rings is 1. The van der Waals surface area contributed by atoms with Gasteiger partial charge in [0.05, 0.1) is 11.5 Å². The first kappa shape index (κ1) is 20.6. The van der Waals surface area contributed by atoms with Crippen molar-refractivity contribution < 1.29 is 27.5 Å². The van der Waals surface area contributed by atoms with E-state index in [9.17, 15) is 22.8 Å². The minimum Gasteiger partial charge on any atom is -0.451 e. The predicted molar refractivity (Wildman–Crippen MR) is 99.0 cm³/mol. The van der Waals surface area contributed by atoms with E-state index in [4.69, 9.17) is 4.74 Å². The SMILES string of the molecule is CC(=O)N/C(=C/c1ccccc1)C(=O)OCC(=O)N(C)[C@@H]1CCS(=O)(=O)C1. The van der Waals surface area contributed by atoms with E-state index in [1.165, 1.54) is 24.9 Å². The van der Waals surface area contributed by atoms with Crippen molar-refractivity contribution in [3.05, 3.63) is 41.6 Å². The molecule has 0 aliphatic carbocycles. The first-order chi connectivity index (χ1) is 12.7.